The van der Waals surface area contributed by atoms with Crippen LogP contribution in [0, 0.1) is 10.1 Å². The molecule has 0 atom stereocenters. The highest BCUT2D eigenvalue weighted by Crippen LogP contribution is 2.20. The molecule has 1 aromatic rings. The van der Waals surface area contributed by atoms with E-state index in [2.05, 4.69) is 18.4 Å². The van der Waals surface area contributed by atoms with E-state index >= 15 is 0 Å². The van der Waals surface area contributed by atoms with Crippen molar-refractivity contribution < 1.29 is 4.92 Å². The molecule has 96 valence electrons. The number of anilines is 1. The Labute approximate surface area is 104 Å². The topological polar surface area (TPSA) is 80.7 Å². The Kier molecular flexibility index (Phi) is 3.98. The van der Waals surface area contributed by atoms with E-state index in [0.29, 0.717) is 5.69 Å². The van der Waals surface area contributed by atoms with Crippen LogP contribution >= 0.6 is 0 Å². The molecule has 0 unspecified atom stereocenters. The maximum Gasteiger partial charge on any atom is 0.336 e. The van der Waals surface area contributed by atoms with Crippen LogP contribution in [0.25, 0.3) is 0 Å². The van der Waals surface area contributed by atoms with Gasteiger partial charge in [0, 0.05) is 31.2 Å². The number of rotatable bonds is 5. The van der Waals surface area contributed by atoms with Crippen LogP contribution in [0.1, 0.15) is 19.9 Å². The smallest absolute Gasteiger partial charge is 0.305 e. The zero-order valence-corrected chi connectivity index (χ0v) is 10.2. The second kappa shape index (κ2) is 5.26. The van der Waals surface area contributed by atoms with E-state index in [-0.39, 0.29) is 6.04 Å². The number of nitrogens with zero attached hydrogens (tertiary/aromatic N) is 4. The minimum Gasteiger partial charge on any atom is -0.305 e. The monoisotopic (exact) mass is 250 g/mol. The van der Waals surface area contributed by atoms with Crippen LogP contribution in [0.5, 0.6) is 0 Å². The van der Waals surface area contributed by atoms with E-state index in [4.69, 9.17) is 0 Å². The van der Waals surface area contributed by atoms with Crippen molar-refractivity contribution in [2.45, 2.75) is 19.9 Å². The number of hydrogen-bond acceptors (Lipinski definition) is 5. The van der Waals surface area contributed by atoms with Crippen LogP contribution in [0.2, 0.25) is 0 Å². The van der Waals surface area contributed by atoms with Crippen LogP contribution in [0.15, 0.2) is 34.9 Å². The number of nitro groups is 1. The second-order valence-corrected chi connectivity index (χ2v) is 3.82. The van der Waals surface area contributed by atoms with Gasteiger partial charge in [-0.2, -0.15) is 5.10 Å². The van der Waals surface area contributed by atoms with Crippen molar-refractivity contribution in [2.75, 3.05) is 5.01 Å². The van der Waals surface area contributed by atoms with Gasteiger partial charge in [-0.15, -0.1) is 0 Å². The molecule has 0 aliphatic rings. The Bertz CT molecular complexity index is 540. The summed E-state index contributed by atoms with van der Waals surface area (Å²) < 4.78 is 1.27. The molecule has 0 saturated heterocycles. The summed E-state index contributed by atoms with van der Waals surface area (Å²) in [5, 5.41) is 15.7. The third kappa shape index (κ3) is 2.45. The van der Waals surface area contributed by atoms with Gasteiger partial charge in [0.2, 0.25) is 0 Å². The summed E-state index contributed by atoms with van der Waals surface area (Å²) in [5.74, 6) is 0. The Morgan fingerprint density at radius 3 is 2.61 bits per heavy atom. The van der Waals surface area contributed by atoms with Gasteiger partial charge in [-0.25, -0.2) is 5.01 Å². The molecule has 0 radical (unpaired) electrons. The molecule has 0 spiro atoms. The van der Waals surface area contributed by atoms with Crippen molar-refractivity contribution in [1.29, 1.82) is 0 Å². The van der Waals surface area contributed by atoms with E-state index in [1.54, 1.807) is 13.8 Å². The summed E-state index contributed by atoms with van der Waals surface area (Å²) in [6.45, 7) is 10.4. The zero-order chi connectivity index (χ0) is 13.9. The third-order valence-electron chi connectivity index (χ3n) is 2.35. The van der Waals surface area contributed by atoms with Crippen LogP contribution in [0.4, 0.5) is 11.4 Å². The summed E-state index contributed by atoms with van der Waals surface area (Å²) in [4.78, 5) is 22.0. The summed E-state index contributed by atoms with van der Waals surface area (Å²) >= 11 is 0. The van der Waals surface area contributed by atoms with Crippen LogP contribution in [-0.4, -0.2) is 16.2 Å². The predicted octanol–water partition coefficient (Wildman–Crippen LogP) is 1.90. The van der Waals surface area contributed by atoms with Crippen molar-refractivity contribution >= 4 is 18.1 Å². The standard InChI is InChI=1S/C11H14N4O3/c1-5-14(12-4)9-6-10(15(17)18)11(16)13(7-9)8(2)3/h5-8H,1,4H2,2-3H3. The Hall–Kier alpha value is -2.44. The van der Waals surface area contributed by atoms with Gasteiger partial charge in [0.15, 0.2) is 0 Å². The van der Waals surface area contributed by atoms with Gasteiger partial charge in [0.1, 0.15) is 0 Å². The summed E-state index contributed by atoms with van der Waals surface area (Å²) in [6, 6.07) is 0.949. The number of aromatic nitrogens is 1. The molecular formula is C11H14N4O3. The molecule has 0 N–H and O–H groups in total. The largest absolute Gasteiger partial charge is 0.336 e. The van der Waals surface area contributed by atoms with Crippen LogP contribution < -0.4 is 10.6 Å². The zero-order valence-electron chi connectivity index (χ0n) is 10.2. The predicted molar refractivity (Wildman–Crippen MR) is 70.0 cm³/mol. The molecule has 0 fully saturated rings. The van der Waals surface area contributed by atoms with Gasteiger partial charge < -0.3 is 4.57 Å². The average molecular weight is 250 g/mol. The fourth-order valence-corrected chi connectivity index (χ4v) is 1.46. The molecule has 0 aliphatic carbocycles. The first-order valence-corrected chi connectivity index (χ1v) is 5.21. The fourth-order valence-electron chi connectivity index (χ4n) is 1.46. The summed E-state index contributed by atoms with van der Waals surface area (Å²) in [6.07, 6.45) is 2.83. The number of pyridine rings is 1. The van der Waals surface area contributed by atoms with E-state index in [1.165, 1.54) is 22.0 Å². The number of hydrazone groups is 1. The van der Waals surface area contributed by atoms with Crippen LogP contribution in [0.3, 0.4) is 0 Å². The Morgan fingerprint density at radius 1 is 1.61 bits per heavy atom. The maximum atomic E-state index is 11.8. The Morgan fingerprint density at radius 2 is 2.22 bits per heavy atom. The lowest BCUT2D eigenvalue weighted by molar-refractivity contribution is -0.386. The summed E-state index contributed by atoms with van der Waals surface area (Å²) in [5.41, 5.74) is -0.788. The first-order valence-electron chi connectivity index (χ1n) is 5.21. The quantitative estimate of drug-likeness (QED) is 0.454. The van der Waals surface area contributed by atoms with Crippen molar-refractivity contribution in [3.63, 3.8) is 0 Å². The first-order chi connectivity index (χ1) is 8.42. The molecule has 0 bridgehead atoms. The van der Waals surface area contributed by atoms with Crippen molar-refractivity contribution in [3.8, 4) is 0 Å². The highest BCUT2D eigenvalue weighted by Gasteiger charge is 2.19. The van der Waals surface area contributed by atoms with E-state index in [0.717, 1.165) is 6.07 Å². The minimum absolute atomic E-state index is 0.201. The first kappa shape index (κ1) is 13.6. The molecule has 0 amide bonds. The van der Waals surface area contributed by atoms with Crippen LogP contribution in [-0.2, 0) is 0 Å². The lowest BCUT2D eigenvalue weighted by atomic mass is 10.3. The molecule has 7 nitrogen and oxygen atoms in total. The lowest BCUT2D eigenvalue weighted by Crippen LogP contribution is -2.25. The second-order valence-electron chi connectivity index (χ2n) is 3.82. The molecule has 0 aromatic carbocycles. The normalized spacial score (nSPS) is 10.2. The third-order valence-corrected chi connectivity index (χ3v) is 2.35. The molecule has 18 heavy (non-hydrogen) atoms. The molecular weight excluding hydrogens is 236 g/mol. The highest BCUT2D eigenvalue weighted by molar-refractivity contribution is 5.53. The van der Waals surface area contributed by atoms with Gasteiger partial charge in [-0.1, -0.05) is 6.58 Å². The van der Waals surface area contributed by atoms with Crippen molar-refractivity contribution in [3.05, 3.63) is 45.5 Å². The molecule has 0 aliphatic heterocycles. The summed E-state index contributed by atoms with van der Waals surface area (Å²) in [7, 11) is 0. The van der Waals surface area contributed by atoms with Gasteiger partial charge in [-0.05, 0) is 13.8 Å². The van der Waals surface area contributed by atoms with Gasteiger partial charge in [0.25, 0.3) is 0 Å². The molecule has 0 saturated carbocycles. The average Bonchev–Trinajstić information content (AvgIpc) is 2.31. The Balaban J connectivity index is 3.57. The number of hydrogen-bond donors (Lipinski definition) is 0. The van der Waals surface area contributed by atoms with E-state index < -0.39 is 16.2 Å². The van der Waals surface area contributed by atoms with E-state index in [9.17, 15) is 14.9 Å². The molecule has 7 heteroatoms. The highest BCUT2D eigenvalue weighted by atomic mass is 16.6. The fraction of sp³-hybridized carbons (Fsp3) is 0.273. The molecule has 1 heterocycles. The van der Waals surface area contributed by atoms with E-state index in [1.807, 2.05) is 0 Å². The maximum absolute atomic E-state index is 11.8. The SMILES string of the molecule is C=CN(N=C)c1cc([N+](=O)[O-])c(=O)n(C(C)C)c1. The molecule has 1 aromatic heterocycles. The van der Waals surface area contributed by atoms with Gasteiger partial charge in [0.05, 0.1) is 10.6 Å². The van der Waals surface area contributed by atoms with Gasteiger partial charge >= 0.3 is 11.2 Å². The molecule has 1 rings (SSSR count). The van der Waals surface area contributed by atoms with Gasteiger partial charge in [-0.3, -0.25) is 14.9 Å². The minimum atomic E-state index is -0.713. The van der Waals surface area contributed by atoms with Crippen molar-refractivity contribution in [2.24, 2.45) is 5.10 Å². The van der Waals surface area contributed by atoms with Crippen molar-refractivity contribution in [1.82, 2.24) is 4.57 Å². The lowest BCUT2D eigenvalue weighted by Gasteiger charge is -2.16.